The van der Waals surface area contributed by atoms with Gasteiger partial charge in [0.1, 0.15) is 0 Å². The number of benzene rings is 1. The molecule has 0 aliphatic rings. The lowest BCUT2D eigenvalue weighted by molar-refractivity contribution is 0.0897. The Bertz CT molecular complexity index is 460. The van der Waals surface area contributed by atoms with E-state index >= 15 is 0 Å². The number of carbonyl (C=O) groups is 1. The molecule has 0 aromatic heterocycles. The summed E-state index contributed by atoms with van der Waals surface area (Å²) < 4.78 is 0. The third kappa shape index (κ3) is 5.14. The minimum Gasteiger partial charge on any atom is -0.346 e. The molecule has 114 valence electrons. The van der Waals surface area contributed by atoms with E-state index in [9.17, 15) is 4.79 Å². The molecule has 1 aromatic carbocycles. The Morgan fingerprint density at radius 1 is 1.35 bits per heavy atom. The lowest BCUT2D eigenvalue weighted by Gasteiger charge is -2.31. The molecular weight excluding hydrogens is 272 g/mol. The molecule has 0 saturated heterocycles. The first-order valence-electron chi connectivity index (χ1n) is 6.87. The summed E-state index contributed by atoms with van der Waals surface area (Å²) in [6, 6.07) is 5.87. The van der Waals surface area contributed by atoms with E-state index in [0.717, 1.165) is 23.1 Å². The first-order chi connectivity index (χ1) is 8.77. The van der Waals surface area contributed by atoms with E-state index in [4.69, 9.17) is 5.73 Å². The summed E-state index contributed by atoms with van der Waals surface area (Å²) in [5.41, 5.74) is 8.38. The summed E-state index contributed by atoms with van der Waals surface area (Å²) in [4.78, 5) is 12.4. The van der Waals surface area contributed by atoms with Gasteiger partial charge in [0, 0.05) is 17.6 Å². The van der Waals surface area contributed by atoms with Crippen LogP contribution in [0.5, 0.6) is 0 Å². The van der Waals surface area contributed by atoms with Crippen LogP contribution in [0.2, 0.25) is 0 Å². The number of halogens is 1. The maximum absolute atomic E-state index is 12.4. The summed E-state index contributed by atoms with van der Waals surface area (Å²) in [6.45, 7) is 10.7. The molecule has 1 atom stereocenters. The van der Waals surface area contributed by atoms with E-state index in [1.165, 1.54) is 0 Å². The zero-order valence-electron chi connectivity index (χ0n) is 13.1. The van der Waals surface area contributed by atoms with Gasteiger partial charge in [-0.05, 0) is 44.7 Å². The van der Waals surface area contributed by atoms with Crippen molar-refractivity contribution in [3.8, 4) is 0 Å². The highest BCUT2D eigenvalue weighted by atomic mass is 35.5. The largest absolute Gasteiger partial charge is 0.346 e. The number of hydrogen-bond donors (Lipinski definition) is 2. The van der Waals surface area contributed by atoms with Crippen LogP contribution < -0.4 is 11.1 Å². The van der Waals surface area contributed by atoms with Crippen LogP contribution in [0.4, 0.5) is 0 Å². The van der Waals surface area contributed by atoms with E-state index in [-0.39, 0.29) is 23.9 Å². The molecule has 1 aromatic rings. The lowest BCUT2D eigenvalue weighted by atomic mass is 9.90. The van der Waals surface area contributed by atoms with Crippen molar-refractivity contribution < 1.29 is 4.79 Å². The average molecular weight is 299 g/mol. The quantitative estimate of drug-likeness (QED) is 0.877. The molecule has 3 N–H and O–H groups in total. The van der Waals surface area contributed by atoms with Gasteiger partial charge in [-0.15, -0.1) is 12.4 Å². The summed E-state index contributed by atoms with van der Waals surface area (Å²) in [7, 11) is 0. The molecule has 0 aliphatic heterocycles. The third-order valence-electron chi connectivity index (χ3n) is 3.35. The first kappa shape index (κ1) is 18.9. The Kier molecular flexibility index (Phi) is 7.25. The van der Waals surface area contributed by atoms with Gasteiger partial charge in [-0.1, -0.05) is 31.5 Å². The fraction of sp³-hybridized carbons (Fsp3) is 0.562. The predicted octanol–water partition coefficient (Wildman–Crippen LogP) is 3.22. The van der Waals surface area contributed by atoms with Gasteiger partial charge in [0.25, 0.3) is 5.91 Å². The Morgan fingerprint density at radius 2 is 1.95 bits per heavy atom. The summed E-state index contributed by atoms with van der Waals surface area (Å²) >= 11 is 0. The third-order valence-corrected chi connectivity index (χ3v) is 3.35. The highest BCUT2D eigenvalue weighted by molar-refractivity contribution is 5.96. The van der Waals surface area contributed by atoms with Crippen LogP contribution in [-0.2, 0) is 0 Å². The molecule has 20 heavy (non-hydrogen) atoms. The van der Waals surface area contributed by atoms with E-state index in [2.05, 4.69) is 19.2 Å². The maximum Gasteiger partial charge on any atom is 0.252 e. The highest BCUT2D eigenvalue weighted by Crippen LogP contribution is 2.17. The number of amides is 1. The standard InChI is InChI=1S/C16H26N2O.ClH/c1-11(2)9-16(5,10-17)18-15(19)14-7-6-12(3)8-13(14)4;/h6-8,11H,9-10,17H2,1-5H3,(H,18,19);1H. The van der Waals surface area contributed by atoms with Crippen molar-refractivity contribution in [2.24, 2.45) is 11.7 Å². The van der Waals surface area contributed by atoms with Crippen molar-refractivity contribution in [3.63, 3.8) is 0 Å². The van der Waals surface area contributed by atoms with E-state index in [0.29, 0.717) is 12.5 Å². The second-order valence-corrected chi connectivity index (χ2v) is 6.14. The van der Waals surface area contributed by atoms with E-state index in [1.807, 2.05) is 39.0 Å². The monoisotopic (exact) mass is 298 g/mol. The molecule has 0 heterocycles. The van der Waals surface area contributed by atoms with Crippen molar-refractivity contribution in [1.82, 2.24) is 5.32 Å². The first-order valence-corrected chi connectivity index (χ1v) is 6.87. The molecule has 0 saturated carbocycles. The number of aryl methyl sites for hydroxylation is 2. The summed E-state index contributed by atoms with van der Waals surface area (Å²) in [6.07, 6.45) is 0.875. The van der Waals surface area contributed by atoms with Gasteiger partial charge < -0.3 is 11.1 Å². The molecule has 3 nitrogen and oxygen atoms in total. The molecule has 4 heteroatoms. The van der Waals surface area contributed by atoms with Gasteiger partial charge in [-0.2, -0.15) is 0 Å². The lowest BCUT2D eigenvalue weighted by Crippen LogP contribution is -2.52. The molecule has 0 radical (unpaired) electrons. The molecule has 1 amide bonds. The van der Waals surface area contributed by atoms with Crippen molar-refractivity contribution in [2.45, 2.75) is 46.6 Å². The van der Waals surface area contributed by atoms with E-state index < -0.39 is 0 Å². The molecule has 0 bridgehead atoms. The summed E-state index contributed by atoms with van der Waals surface area (Å²) in [5.74, 6) is 0.457. The molecule has 0 fully saturated rings. The average Bonchev–Trinajstić information content (AvgIpc) is 2.27. The topological polar surface area (TPSA) is 55.1 Å². The van der Waals surface area contributed by atoms with Gasteiger partial charge in [0.05, 0.1) is 0 Å². The van der Waals surface area contributed by atoms with Crippen LogP contribution in [-0.4, -0.2) is 18.0 Å². The molecule has 1 unspecified atom stereocenters. The van der Waals surface area contributed by atoms with Crippen molar-refractivity contribution in [1.29, 1.82) is 0 Å². The van der Waals surface area contributed by atoms with Gasteiger partial charge >= 0.3 is 0 Å². The number of hydrogen-bond acceptors (Lipinski definition) is 2. The number of nitrogens with two attached hydrogens (primary N) is 1. The zero-order chi connectivity index (χ0) is 14.6. The number of nitrogens with one attached hydrogen (secondary N) is 1. The maximum atomic E-state index is 12.4. The van der Waals surface area contributed by atoms with Crippen LogP contribution >= 0.6 is 12.4 Å². The van der Waals surface area contributed by atoms with E-state index in [1.54, 1.807) is 0 Å². The van der Waals surface area contributed by atoms with Crippen LogP contribution in [0.25, 0.3) is 0 Å². The van der Waals surface area contributed by atoms with Gasteiger partial charge in [-0.25, -0.2) is 0 Å². The SMILES string of the molecule is Cc1ccc(C(=O)NC(C)(CN)CC(C)C)c(C)c1.Cl. The second kappa shape index (κ2) is 7.65. The van der Waals surface area contributed by atoms with Crippen LogP contribution in [0.15, 0.2) is 18.2 Å². The van der Waals surface area contributed by atoms with Crippen molar-refractivity contribution >= 4 is 18.3 Å². The normalized spacial score (nSPS) is 13.6. The fourth-order valence-electron chi connectivity index (χ4n) is 2.50. The van der Waals surface area contributed by atoms with Gasteiger partial charge in [0.2, 0.25) is 0 Å². The number of rotatable bonds is 5. The molecule has 1 rings (SSSR count). The smallest absolute Gasteiger partial charge is 0.252 e. The van der Waals surface area contributed by atoms with Crippen LogP contribution in [0.1, 0.15) is 48.7 Å². The van der Waals surface area contributed by atoms with Crippen molar-refractivity contribution in [3.05, 3.63) is 34.9 Å². The zero-order valence-corrected chi connectivity index (χ0v) is 13.9. The summed E-state index contributed by atoms with van der Waals surface area (Å²) in [5, 5.41) is 3.09. The predicted molar refractivity (Wildman–Crippen MR) is 87.5 cm³/mol. The Hall–Kier alpha value is -1.06. The Labute approximate surface area is 128 Å². The fourth-order valence-corrected chi connectivity index (χ4v) is 2.50. The number of carbonyl (C=O) groups excluding carboxylic acids is 1. The minimum absolute atomic E-state index is 0. The molecule has 0 spiro atoms. The molecular formula is C16H27ClN2O. The van der Waals surface area contributed by atoms with Crippen molar-refractivity contribution in [2.75, 3.05) is 6.54 Å². The Balaban J connectivity index is 0.00000361. The van der Waals surface area contributed by atoms with Gasteiger partial charge in [0.15, 0.2) is 0 Å². The highest BCUT2D eigenvalue weighted by Gasteiger charge is 2.26. The van der Waals surface area contributed by atoms with Gasteiger partial charge in [-0.3, -0.25) is 4.79 Å². The van der Waals surface area contributed by atoms with Crippen LogP contribution in [0.3, 0.4) is 0 Å². The second-order valence-electron chi connectivity index (χ2n) is 6.14. The minimum atomic E-state index is -0.345. The van der Waals surface area contributed by atoms with Crippen LogP contribution in [0, 0.1) is 19.8 Å². The molecule has 0 aliphatic carbocycles. The Morgan fingerprint density at radius 3 is 2.40 bits per heavy atom.